The zero-order valence-corrected chi connectivity index (χ0v) is 14.2. The molecule has 21 heavy (non-hydrogen) atoms. The molecule has 0 N–H and O–H groups in total. The molecular formula is C15H12BrCl2FO2. The van der Waals surface area contributed by atoms with Crippen molar-refractivity contribution >= 4 is 39.1 Å². The maximum atomic E-state index is 13.8. The highest BCUT2D eigenvalue weighted by Crippen LogP contribution is 2.36. The van der Waals surface area contributed by atoms with Gasteiger partial charge < -0.3 is 9.47 Å². The lowest BCUT2D eigenvalue weighted by Gasteiger charge is -2.15. The summed E-state index contributed by atoms with van der Waals surface area (Å²) in [7, 11) is 1.52. The van der Waals surface area contributed by atoms with Gasteiger partial charge in [-0.3, -0.25) is 0 Å². The van der Waals surface area contributed by atoms with E-state index in [9.17, 15) is 4.39 Å². The quantitative estimate of drug-likeness (QED) is 0.614. The fraction of sp³-hybridized carbons (Fsp3) is 0.200. The molecule has 0 saturated carbocycles. The third kappa shape index (κ3) is 3.82. The Morgan fingerprint density at radius 1 is 1.24 bits per heavy atom. The van der Waals surface area contributed by atoms with E-state index in [1.807, 2.05) is 0 Å². The van der Waals surface area contributed by atoms with Crippen molar-refractivity contribution in [1.29, 1.82) is 0 Å². The van der Waals surface area contributed by atoms with Crippen LogP contribution in [0.4, 0.5) is 4.39 Å². The SMILES string of the molecule is COc1cc(Cl)cc(CBr)c1OCc1c(F)cccc1Cl. The van der Waals surface area contributed by atoms with E-state index < -0.39 is 5.82 Å². The Morgan fingerprint density at radius 3 is 2.62 bits per heavy atom. The maximum Gasteiger partial charge on any atom is 0.165 e. The lowest BCUT2D eigenvalue weighted by Crippen LogP contribution is -2.03. The van der Waals surface area contributed by atoms with Crippen molar-refractivity contribution in [2.75, 3.05) is 7.11 Å². The summed E-state index contributed by atoms with van der Waals surface area (Å²) in [5, 5.41) is 1.39. The number of benzene rings is 2. The molecule has 0 aliphatic rings. The van der Waals surface area contributed by atoms with Crippen molar-refractivity contribution in [3.8, 4) is 11.5 Å². The average molecular weight is 394 g/mol. The highest BCUT2D eigenvalue weighted by molar-refractivity contribution is 9.08. The van der Waals surface area contributed by atoms with Crippen LogP contribution in [-0.2, 0) is 11.9 Å². The molecule has 0 unspecified atom stereocenters. The second-order valence-electron chi connectivity index (χ2n) is 4.22. The summed E-state index contributed by atoms with van der Waals surface area (Å²) < 4.78 is 24.7. The molecule has 2 nitrogen and oxygen atoms in total. The topological polar surface area (TPSA) is 18.5 Å². The van der Waals surface area contributed by atoms with E-state index >= 15 is 0 Å². The zero-order valence-electron chi connectivity index (χ0n) is 11.1. The summed E-state index contributed by atoms with van der Waals surface area (Å²) in [5.41, 5.74) is 1.11. The molecule has 112 valence electrons. The summed E-state index contributed by atoms with van der Waals surface area (Å²) in [6, 6.07) is 7.92. The summed E-state index contributed by atoms with van der Waals surface area (Å²) in [5.74, 6) is 0.596. The summed E-state index contributed by atoms with van der Waals surface area (Å²) >= 11 is 15.4. The van der Waals surface area contributed by atoms with E-state index in [-0.39, 0.29) is 6.61 Å². The molecule has 0 spiro atoms. The summed E-state index contributed by atoms with van der Waals surface area (Å²) in [6.45, 7) is 0.00347. The van der Waals surface area contributed by atoms with E-state index in [4.69, 9.17) is 32.7 Å². The number of rotatable bonds is 5. The van der Waals surface area contributed by atoms with Crippen molar-refractivity contribution in [3.63, 3.8) is 0 Å². The third-order valence-corrected chi connectivity index (χ3v) is 4.06. The smallest absolute Gasteiger partial charge is 0.165 e. The Balaban J connectivity index is 2.31. The molecule has 0 heterocycles. The Morgan fingerprint density at radius 2 is 2.00 bits per heavy atom. The van der Waals surface area contributed by atoms with Crippen LogP contribution in [0.25, 0.3) is 0 Å². The van der Waals surface area contributed by atoms with Gasteiger partial charge in [0.1, 0.15) is 12.4 Å². The molecule has 0 bridgehead atoms. The molecule has 2 rings (SSSR count). The van der Waals surface area contributed by atoms with Crippen LogP contribution in [-0.4, -0.2) is 7.11 Å². The van der Waals surface area contributed by atoms with Crippen molar-refractivity contribution in [2.24, 2.45) is 0 Å². The minimum atomic E-state index is -0.407. The number of ether oxygens (including phenoxy) is 2. The van der Waals surface area contributed by atoms with Crippen molar-refractivity contribution < 1.29 is 13.9 Å². The number of halogens is 4. The molecule has 6 heteroatoms. The molecule has 0 aliphatic carbocycles. The van der Waals surface area contributed by atoms with Gasteiger partial charge in [-0.2, -0.15) is 0 Å². The van der Waals surface area contributed by atoms with Gasteiger partial charge >= 0.3 is 0 Å². The molecule has 0 amide bonds. The zero-order chi connectivity index (χ0) is 15.4. The normalized spacial score (nSPS) is 10.5. The van der Waals surface area contributed by atoms with Crippen LogP contribution in [0.1, 0.15) is 11.1 Å². The van der Waals surface area contributed by atoms with Gasteiger partial charge in [0.15, 0.2) is 11.5 Å². The first-order valence-corrected chi connectivity index (χ1v) is 7.92. The first kappa shape index (κ1) is 16.4. The van der Waals surface area contributed by atoms with Crippen LogP contribution < -0.4 is 9.47 Å². The Bertz CT molecular complexity index is 604. The van der Waals surface area contributed by atoms with Crippen LogP contribution >= 0.6 is 39.1 Å². The van der Waals surface area contributed by atoms with Gasteiger partial charge in [-0.1, -0.05) is 45.2 Å². The predicted octanol–water partition coefficient (Wildman–Crippen LogP) is 5.62. The van der Waals surface area contributed by atoms with Gasteiger partial charge in [0, 0.05) is 27.5 Å². The Hall–Kier alpha value is -0.970. The summed E-state index contributed by atoms with van der Waals surface area (Å²) in [4.78, 5) is 0. The molecule has 2 aromatic rings. The van der Waals surface area contributed by atoms with Gasteiger partial charge in [0.25, 0.3) is 0 Å². The minimum Gasteiger partial charge on any atom is -0.493 e. The van der Waals surface area contributed by atoms with E-state index in [0.717, 1.165) is 5.56 Å². The largest absolute Gasteiger partial charge is 0.493 e. The van der Waals surface area contributed by atoms with Crippen LogP contribution in [0.15, 0.2) is 30.3 Å². The number of alkyl halides is 1. The average Bonchev–Trinajstić information content (AvgIpc) is 2.47. The van der Waals surface area contributed by atoms with Crippen LogP contribution in [0.5, 0.6) is 11.5 Å². The van der Waals surface area contributed by atoms with E-state index in [1.54, 1.807) is 24.3 Å². The first-order chi connectivity index (χ1) is 10.1. The van der Waals surface area contributed by atoms with Gasteiger partial charge in [-0.15, -0.1) is 0 Å². The highest BCUT2D eigenvalue weighted by atomic mass is 79.9. The highest BCUT2D eigenvalue weighted by Gasteiger charge is 2.14. The Labute approximate surface area is 140 Å². The third-order valence-electron chi connectivity index (χ3n) is 2.88. The van der Waals surface area contributed by atoms with E-state index in [0.29, 0.717) is 32.4 Å². The van der Waals surface area contributed by atoms with Gasteiger partial charge in [-0.05, 0) is 18.2 Å². The van der Waals surface area contributed by atoms with E-state index in [2.05, 4.69) is 15.9 Å². The van der Waals surface area contributed by atoms with E-state index in [1.165, 1.54) is 13.2 Å². The van der Waals surface area contributed by atoms with Crippen molar-refractivity contribution in [1.82, 2.24) is 0 Å². The van der Waals surface area contributed by atoms with Gasteiger partial charge in [0.05, 0.1) is 12.1 Å². The molecule has 0 aromatic heterocycles. The summed E-state index contributed by atoms with van der Waals surface area (Å²) in [6.07, 6.45) is 0. The van der Waals surface area contributed by atoms with Crippen molar-refractivity contribution in [3.05, 3.63) is 57.3 Å². The monoisotopic (exact) mass is 392 g/mol. The maximum absolute atomic E-state index is 13.8. The molecule has 0 radical (unpaired) electrons. The van der Waals surface area contributed by atoms with Crippen LogP contribution in [0.3, 0.4) is 0 Å². The van der Waals surface area contributed by atoms with Gasteiger partial charge in [0.2, 0.25) is 0 Å². The second-order valence-corrected chi connectivity index (χ2v) is 5.62. The fourth-order valence-corrected chi connectivity index (χ4v) is 2.72. The number of hydrogen-bond acceptors (Lipinski definition) is 2. The van der Waals surface area contributed by atoms with Crippen LogP contribution in [0.2, 0.25) is 10.0 Å². The molecule has 0 fully saturated rings. The van der Waals surface area contributed by atoms with Gasteiger partial charge in [-0.25, -0.2) is 4.39 Å². The van der Waals surface area contributed by atoms with Crippen molar-refractivity contribution in [2.45, 2.75) is 11.9 Å². The number of methoxy groups -OCH3 is 1. The second kappa shape index (κ2) is 7.34. The lowest BCUT2D eigenvalue weighted by molar-refractivity contribution is 0.277. The Kier molecular flexibility index (Phi) is 5.73. The molecule has 2 aromatic carbocycles. The molecule has 0 saturated heterocycles. The molecular weight excluding hydrogens is 382 g/mol. The molecule has 0 aliphatic heterocycles. The first-order valence-electron chi connectivity index (χ1n) is 6.05. The minimum absolute atomic E-state index is 0.00347. The fourth-order valence-electron chi connectivity index (χ4n) is 1.85. The lowest BCUT2D eigenvalue weighted by atomic mass is 10.2. The molecule has 0 atom stereocenters. The number of hydrogen-bond donors (Lipinski definition) is 0. The van der Waals surface area contributed by atoms with Crippen LogP contribution in [0, 0.1) is 5.82 Å². The predicted molar refractivity (Wildman–Crippen MR) is 86.4 cm³/mol. The standard InChI is InChI=1S/C15H12BrCl2FO2/c1-20-14-6-10(17)5-9(7-16)15(14)21-8-11-12(18)3-2-4-13(11)19/h2-6H,7-8H2,1H3.